The molecule has 5 heteroatoms. The monoisotopic (exact) mass is 346 g/mol. The molecule has 4 unspecified atom stereocenters. The average molecular weight is 347 g/mol. The summed E-state index contributed by atoms with van der Waals surface area (Å²) in [5, 5.41) is 3.24. The molecule has 0 aromatic carbocycles. The maximum Gasteiger partial charge on any atom is 0.241 e. The third kappa shape index (κ3) is 3.85. The maximum absolute atomic E-state index is 12.8. The molecule has 23 heavy (non-hydrogen) atoms. The van der Waals surface area contributed by atoms with Gasteiger partial charge in [-0.3, -0.25) is 4.79 Å². The van der Waals surface area contributed by atoms with Crippen molar-refractivity contribution in [1.82, 2.24) is 5.32 Å². The summed E-state index contributed by atoms with van der Waals surface area (Å²) < 4.78 is 5.72. The van der Waals surface area contributed by atoms with Crippen LogP contribution in [0.3, 0.4) is 0 Å². The Kier molecular flexibility index (Phi) is 6.95. The summed E-state index contributed by atoms with van der Waals surface area (Å²) in [6.45, 7) is 11.3. The minimum absolute atomic E-state index is 0. The fourth-order valence-electron chi connectivity index (χ4n) is 4.10. The lowest BCUT2D eigenvalue weighted by Gasteiger charge is -2.58. The van der Waals surface area contributed by atoms with Crippen LogP contribution in [0, 0.1) is 17.3 Å². The van der Waals surface area contributed by atoms with E-state index in [-0.39, 0.29) is 35.9 Å². The smallest absolute Gasteiger partial charge is 0.241 e. The number of hydrogen-bond acceptors (Lipinski definition) is 3. The topological polar surface area (TPSA) is 64.3 Å². The van der Waals surface area contributed by atoms with Crippen molar-refractivity contribution in [3.63, 3.8) is 0 Å². The molecule has 0 aromatic heterocycles. The molecule has 2 rings (SSSR count). The molecular formula is C18H35ClN2O2. The molecule has 2 fully saturated rings. The number of amides is 1. The average Bonchev–Trinajstić information content (AvgIpc) is 2.47. The van der Waals surface area contributed by atoms with Crippen LogP contribution in [0.2, 0.25) is 0 Å². The molecule has 2 aliphatic carbocycles. The first kappa shape index (κ1) is 20.7. The van der Waals surface area contributed by atoms with Crippen LogP contribution in [0.15, 0.2) is 0 Å². The Hall–Kier alpha value is -0.320. The molecule has 4 nitrogen and oxygen atoms in total. The van der Waals surface area contributed by atoms with Gasteiger partial charge in [0, 0.05) is 24.5 Å². The zero-order valence-corrected chi connectivity index (χ0v) is 16.2. The first-order valence-electron chi connectivity index (χ1n) is 8.93. The molecule has 0 radical (unpaired) electrons. The summed E-state index contributed by atoms with van der Waals surface area (Å²) in [6.07, 6.45) is 5.38. The van der Waals surface area contributed by atoms with Gasteiger partial charge in [-0.15, -0.1) is 12.4 Å². The van der Waals surface area contributed by atoms with Crippen LogP contribution in [-0.2, 0) is 9.53 Å². The highest BCUT2D eigenvalue weighted by molar-refractivity contribution is 5.89. The Balaban J connectivity index is 0.00000264. The van der Waals surface area contributed by atoms with Gasteiger partial charge >= 0.3 is 0 Å². The summed E-state index contributed by atoms with van der Waals surface area (Å²) in [4.78, 5) is 12.8. The Morgan fingerprint density at radius 3 is 2.52 bits per heavy atom. The minimum Gasteiger partial charge on any atom is -0.378 e. The number of nitrogens with two attached hydrogens (primary N) is 1. The molecule has 0 bridgehead atoms. The van der Waals surface area contributed by atoms with Gasteiger partial charge in [0.15, 0.2) is 0 Å². The molecule has 136 valence electrons. The van der Waals surface area contributed by atoms with Gasteiger partial charge in [-0.25, -0.2) is 0 Å². The molecular weight excluding hydrogens is 312 g/mol. The van der Waals surface area contributed by atoms with Crippen molar-refractivity contribution < 1.29 is 9.53 Å². The lowest BCUT2D eigenvalue weighted by atomic mass is 9.54. The van der Waals surface area contributed by atoms with Crippen molar-refractivity contribution >= 4 is 18.3 Å². The second-order valence-electron chi connectivity index (χ2n) is 8.18. The largest absolute Gasteiger partial charge is 0.378 e. The lowest BCUT2D eigenvalue weighted by Crippen LogP contribution is -2.76. The number of carbonyl (C=O) groups excluding carboxylic acids is 1. The molecule has 0 saturated heterocycles. The van der Waals surface area contributed by atoms with E-state index in [4.69, 9.17) is 10.5 Å². The van der Waals surface area contributed by atoms with Crippen molar-refractivity contribution in [2.24, 2.45) is 23.0 Å². The second-order valence-corrected chi connectivity index (χ2v) is 8.18. The Bertz CT molecular complexity index is 414. The zero-order valence-electron chi connectivity index (χ0n) is 15.4. The summed E-state index contributed by atoms with van der Waals surface area (Å²) in [6, 6.07) is 0.288. The van der Waals surface area contributed by atoms with E-state index in [0.717, 1.165) is 18.8 Å². The van der Waals surface area contributed by atoms with Crippen LogP contribution < -0.4 is 11.1 Å². The van der Waals surface area contributed by atoms with E-state index in [0.29, 0.717) is 18.9 Å². The van der Waals surface area contributed by atoms with Crippen molar-refractivity contribution in [1.29, 1.82) is 0 Å². The summed E-state index contributed by atoms with van der Waals surface area (Å²) in [7, 11) is 0. The highest BCUT2D eigenvalue weighted by atomic mass is 35.5. The summed E-state index contributed by atoms with van der Waals surface area (Å²) in [5.74, 6) is 1.43. The van der Waals surface area contributed by atoms with Gasteiger partial charge < -0.3 is 15.8 Å². The number of rotatable bonds is 5. The van der Waals surface area contributed by atoms with Crippen LogP contribution in [0.4, 0.5) is 0 Å². The molecule has 1 amide bonds. The first-order valence-corrected chi connectivity index (χ1v) is 8.93. The van der Waals surface area contributed by atoms with Gasteiger partial charge in [-0.2, -0.15) is 0 Å². The fraction of sp³-hybridized carbons (Fsp3) is 0.944. The molecule has 0 spiro atoms. The van der Waals surface area contributed by atoms with Crippen molar-refractivity contribution in [2.45, 2.75) is 84.4 Å². The van der Waals surface area contributed by atoms with E-state index in [1.54, 1.807) is 0 Å². The Labute approximate surface area is 147 Å². The van der Waals surface area contributed by atoms with Crippen LogP contribution in [-0.4, -0.2) is 30.2 Å². The molecule has 0 heterocycles. The van der Waals surface area contributed by atoms with Crippen molar-refractivity contribution in [2.75, 3.05) is 6.61 Å². The van der Waals surface area contributed by atoms with E-state index in [1.807, 2.05) is 20.8 Å². The maximum atomic E-state index is 12.8. The third-order valence-corrected chi connectivity index (χ3v) is 6.23. The Morgan fingerprint density at radius 2 is 2.00 bits per heavy atom. The van der Waals surface area contributed by atoms with Gasteiger partial charge in [0.2, 0.25) is 5.91 Å². The number of hydrogen-bond donors (Lipinski definition) is 2. The van der Waals surface area contributed by atoms with E-state index < -0.39 is 5.54 Å². The lowest BCUT2D eigenvalue weighted by molar-refractivity contribution is -0.171. The van der Waals surface area contributed by atoms with Gasteiger partial charge in [0.1, 0.15) is 5.54 Å². The van der Waals surface area contributed by atoms with Gasteiger partial charge in [-0.05, 0) is 31.6 Å². The number of nitrogens with one attached hydrogen (secondary N) is 1. The highest BCUT2D eigenvalue weighted by Gasteiger charge is 2.63. The zero-order chi connectivity index (χ0) is 16.5. The van der Waals surface area contributed by atoms with Crippen LogP contribution in [0.25, 0.3) is 0 Å². The second kappa shape index (κ2) is 7.71. The minimum atomic E-state index is -0.794. The van der Waals surface area contributed by atoms with E-state index in [1.165, 1.54) is 12.8 Å². The van der Waals surface area contributed by atoms with Gasteiger partial charge in [0.05, 0.1) is 6.10 Å². The molecule has 4 atom stereocenters. The third-order valence-electron chi connectivity index (χ3n) is 6.23. The number of ether oxygens (including phenoxy) is 1. The van der Waals surface area contributed by atoms with Crippen molar-refractivity contribution in [3.05, 3.63) is 0 Å². The summed E-state index contributed by atoms with van der Waals surface area (Å²) in [5.41, 5.74) is 5.36. The van der Waals surface area contributed by atoms with E-state index in [2.05, 4.69) is 19.2 Å². The predicted molar refractivity (Wildman–Crippen MR) is 96.7 cm³/mol. The molecule has 0 aromatic rings. The quantitative estimate of drug-likeness (QED) is 0.803. The predicted octanol–water partition coefficient (Wildman–Crippen LogP) is 3.27. The first-order chi connectivity index (χ1) is 10.2. The van der Waals surface area contributed by atoms with Crippen LogP contribution in [0.5, 0.6) is 0 Å². The number of halogens is 1. The van der Waals surface area contributed by atoms with Gasteiger partial charge in [0.25, 0.3) is 0 Å². The van der Waals surface area contributed by atoms with Crippen LogP contribution >= 0.6 is 12.4 Å². The van der Waals surface area contributed by atoms with Crippen molar-refractivity contribution in [3.8, 4) is 0 Å². The number of carbonyl (C=O) groups is 1. The standard InChI is InChI=1S/C18H34N2O2.ClH/c1-6-22-15-11-18(19,17(15,4)5)16(21)20-14-9-7-8-13(10-14)12(2)3;/h12-15H,6-11,19H2,1-5H3,(H,20,21);1H. The van der Waals surface area contributed by atoms with E-state index >= 15 is 0 Å². The molecule has 2 aliphatic rings. The fourth-order valence-corrected chi connectivity index (χ4v) is 4.10. The summed E-state index contributed by atoms with van der Waals surface area (Å²) >= 11 is 0. The molecule has 3 N–H and O–H groups in total. The SMILES string of the molecule is CCOC1CC(N)(C(=O)NC2CCCC(C(C)C)C2)C1(C)C.Cl. The molecule has 0 aliphatic heterocycles. The van der Waals surface area contributed by atoms with E-state index in [9.17, 15) is 4.79 Å². The van der Waals surface area contributed by atoms with Crippen LogP contribution in [0.1, 0.15) is 66.7 Å². The Morgan fingerprint density at radius 1 is 1.35 bits per heavy atom. The highest BCUT2D eigenvalue weighted by Crippen LogP contribution is 2.50. The van der Waals surface area contributed by atoms with Gasteiger partial charge in [-0.1, -0.05) is 40.5 Å². The molecule has 2 saturated carbocycles. The normalized spacial score (nSPS) is 36.0.